The molecule has 4 nitrogen and oxygen atoms in total. The van der Waals surface area contributed by atoms with Crippen LogP contribution in [0.2, 0.25) is 16.6 Å². The van der Waals surface area contributed by atoms with Crippen LogP contribution >= 0.6 is 15.9 Å². The van der Waals surface area contributed by atoms with Gasteiger partial charge in [0.05, 0.1) is 11.1 Å². The summed E-state index contributed by atoms with van der Waals surface area (Å²) in [4.78, 5) is 24.5. The number of carbonyl (C=O) groups is 2. The lowest BCUT2D eigenvalue weighted by Gasteiger charge is -2.42. The number of cyclic esters (lactones) is 2. The molecule has 0 aliphatic carbocycles. The van der Waals surface area contributed by atoms with Gasteiger partial charge in [-0.15, -0.1) is 0 Å². The first kappa shape index (κ1) is 20.1. The van der Waals surface area contributed by atoms with Crippen molar-refractivity contribution < 1.29 is 18.8 Å². The lowest BCUT2D eigenvalue weighted by Crippen LogP contribution is -2.50. The van der Waals surface area contributed by atoms with Crippen LogP contribution in [0, 0.1) is 0 Å². The molecule has 0 saturated carbocycles. The second-order valence-electron chi connectivity index (χ2n) is 8.08. The molecule has 0 atom stereocenters. The van der Waals surface area contributed by atoms with E-state index in [2.05, 4.69) is 57.5 Å². The van der Waals surface area contributed by atoms with Crippen molar-refractivity contribution in [2.45, 2.75) is 58.2 Å². The van der Waals surface area contributed by atoms with Crippen molar-refractivity contribution in [3.63, 3.8) is 0 Å². The van der Waals surface area contributed by atoms with Gasteiger partial charge in [-0.05, 0) is 40.9 Å². The molecular formula is C21H25BrO4Si. The van der Waals surface area contributed by atoms with E-state index in [-0.39, 0.29) is 0 Å². The van der Waals surface area contributed by atoms with Crippen molar-refractivity contribution in [1.29, 1.82) is 0 Å². The van der Waals surface area contributed by atoms with E-state index in [0.717, 1.165) is 9.86 Å². The Morgan fingerprint density at radius 3 is 2.04 bits per heavy atom. The summed E-state index contributed by atoms with van der Waals surface area (Å²) < 4.78 is 12.6. The van der Waals surface area contributed by atoms with Gasteiger partial charge in [-0.25, -0.2) is 9.59 Å². The summed E-state index contributed by atoms with van der Waals surface area (Å²) in [7, 11) is -2.22. The molecule has 1 aliphatic rings. The Balaban J connectivity index is 2.30. The van der Waals surface area contributed by atoms with Crippen LogP contribution in [0.1, 0.15) is 62.3 Å². The number of hydrogen-bond donors (Lipinski definition) is 0. The average molecular weight is 449 g/mol. The van der Waals surface area contributed by atoms with E-state index < -0.39 is 20.3 Å². The number of benzene rings is 2. The molecule has 0 aromatic heterocycles. The van der Waals surface area contributed by atoms with Gasteiger partial charge >= 0.3 is 11.9 Å². The second kappa shape index (κ2) is 7.06. The molecule has 2 aromatic carbocycles. The molecule has 0 fully saturated rings. The fraction of sp³-hybridized carbons (Fsp3) is 0.429. The summed E-state index contributed by atoms with van der Waals surface area (Å²) >= 11 is 3.46. The molecule has 0 amide bonds. The first-order valence-corrected chi connectivity index (χ1v) is 12.2. The summed E-state index contributed by atoms with van der Waals surface area (Å²) in [5.41, 5.74) is 1.80. The molecule has 1 heterocycles. The third-order valence-corrected chi connectivity index (χ3v) is 12.1. The predicted octanol–water partition coefficient (Wildman–Crippen LogP) is 6.47. The van der Waals surface area contributed by atoms with Crippen molar-refractivity contribution >= 4 is 47.0 Å². The molecule has 3 rings (SSSR count). The second-order valence-corrected chi connectivity index (χ2v) is 14.4. The van der Waals surface area contributed by atoms with Crippen LogP contribution in [-0.4, -0.2) is 20.3 Å². The van der Waals surface area contributed by atoms with E-state index in [9.17, 15) is 9.59 Å². The topological polar surface area (TPSA) is 52.6 Å². The fourth-order valence-electron chi connectivity index (χ4n) is 4.56. The zero-order chi connectivity index (χ0) is 20.1. The van der Waals surface area contributed by atoms with Gasteiger partial charge in [0, 0.05) is 15.2 Å². The highest BCUT2D eigenvalue weighted by molar-refractivity contribution is 9.10. The number of ether oxygens (including phenoxy) is 1. The van der Waals surface area contributed by atoms with Gasteiger partial charge in [-0.1, -0.05) is 57.5 Å². The summed E-state index contributed by atoms with van der Waals surface area (Å²) in [6, 6.07) is 7.41. The normalized spacial score (nSPS) is 14.4. The van der Waals surface area contributed by atoms with Crippen LogP contribution in [0.25, 0.3) is 10.8 Å². The van der Waals surface area contributed by atoms with E-state index in [4.69, 9.17) is 9.16 Å². The molecule has 144 valence electrons. The third-order valence-electron chi connectivity index (χ3n) is 5.66. The SMILES string of the molecule is CC(C)[Si](Oc1cc2c(c3cc(Br)ccc13)C(=O)OC2=O)(C(C)C)C(C)C. The molecule has 0 unspecified atom stereocenters. The lowest BCUT2D eigenvalue weighted by molar-refractivity contribution is 0.0444. The number of esters is 2. The van der Waals surface area contributed by atoms with Gasteiger partial charge < -0.3 is 9.16 Å². The molecule has 0 bridgehead atoms. The van der Waals surface area contributed by atoms with Crippen LogP contribution in [-0.2, 0) is 4.74 Å². The Kier molecular flexibility index (Phi) is 5.25. The van der Waals surface area contributed by atoms with Gasteiger partial charge in [0.25, 0.3) is 8.32 Å². The molecular weight excluding hydrogens is 424 g/mol. The Morgan fingerprint density at radius 2 is 1.48 bits per heavy atom. The van der Waals surface area contributed by atoms with Crippen molar-refractivity contribution in [2.75, 3.05) is 0 Å². The predicted molar refractivity (Wildman–Crippen MR) is 113 cm³/mol. The summed E-state index contributed by atoms with van der Waals surface area (Å²) in [6.07, 6.45) is 0. The van der Waals surface area contributed by atoms with Crippen LogP contribution in [0.15, 0.2) is 28.7 Å². The Morgan fingerprint density at radius 1 is 0.889 bits per heavy atom. The molecule has 27 heavy (non-hydrogen) atoms. The highest BCUT2D eigenvalue weighted by Gasteiger charge is 2.47. The molecule has 2 aromatic rings. The smallest absolute Gasteiger partial charge is 0.347 e. The molecule has 0 spiro atoms. The minimum absolute atomic E-state index is 0.291. The van der Waals surface area contributed by atoms with Crippen LogP contribution in [0.5, 0.6) is 5.75 Å². The van der Waals surface area contributed by atoms with Gasteiger partial charge in [0.15, 0.2) is 0 Å². The third kappa shape index (κ3) is 3.12. The number of fused-ring (bicyclic) bond motifs is 3. The molecule has 0 radical (unpaired) electrons. The standard InChI is InChI=1S/C21H25BrO4Si/c1-11(2)27(12(3)4,13(5)6)26-18-10-17-19(21(24)25-20(17)23)16-9-14(22)7-8-15(16)18/h7-13H,1-6H3. The first-order chi connectivity index (χ1) is 12.6. The van der Waals surface area contributed by atoms with E-state index in [1.165, 1.54) is 0 Å². The Labute approximate surface area is 169 Å². The molecule has 6 heteroatoms. The number of rotatable bonds is 5. The average Bonchev–Trinajstić information content (AvgIpc) is 2.85. The maximum absolute atomic E-state index is 12.2. The van der Waals surface area contributed by atoms with Gasteiger partial charge in [0.1, 0.15) is 5.75 Å². The van der Waals surface area contributed by atoms with E-state index in [0.29, 0.717) is 38.9 Å². The zero-order valence-corrected chi connectivity index (χ0v) is 19.1. The quantitative estimate of drug-likeness (QED) is 0.298. The van der Waals surface area contributed by atoms with Gasteiger partial charge in [-0.2, -0.15) is 0 Å². The minimum Gasteiger partial charge on any atom is -0.542 e. The van der Waals surface area contributed by atoms with Crippen LogP contribution in [0.3, 0.4) is 0 Å². The highest BCUT2D eigenvalue weighted by Crippen LogP contribution is 2.45. The monoisotopic (exact) mass is 448 g/mol. The van der Waals surface area contributed by atoms with Gasteiger partial charge in [0.2, 0.25) is 0 Å². The maximum Gasteiger partial charge on any atom is 0.347 e. The number of hydrogen-bond acceptors (Lipinski definition) is 4. The van der Waals surface area contributed by atoms with Crippen molar-refractivity contribution in [3.05, 3.63) is 39.9 Å². The lowest BCUT2D eigenvalue weighted by atomic mass is 9.99. The Hall–Kier alpha value is -1.66. The van der Waals surface area contributed by atoms with E-state index in [1.807, 2.05) is 18.2 Å². The fourth-order valence-corrected chi connectivity index (χ4v) is 10.2. The minimum atomic E-state index is -2.22. The van der Waals surface area contributed by atoms with Crippen molar-refractivity contribution in [1.82, 2.24) is 0 Å². The van der Waals surface area contributed by atoms with Crippen molar-refractivity contribution in [3.8, 4) is 5.75 Å². The van der Waals surface area contributed by atoms with Crippen molar-refractivity contribution in [2.24, 2.45) is 0 Å². The van der Waals surface area contributed by atoms with Gasteiger partial charge in [-0.3, -0.25) is 0 Å². The Bertz CT molecular complexity index is 912. The largest absolute Gasteiger partial charge is 0.542 e. The summed E-state index contributed by atoms with van der Waals surface area (Å²) in [5, 5.41) is 1.52. The highest BCUT2D eigenvalue weighted by atomic mass is 79.9. The van der Waals surface area contributed by atoms with Crippen LogP contribution < -0.4 is 4.43 Å². The summed E-state index contributed by atoms with van der Waals surface area (Å²) in [5.74, 6) is -0.525. The molecule has 0 N–H and O–H groups in total. The molecule has 0 saturated heterocycles. The maximum atomic E-state index is 12.2. The zero-order valence-electron chi connectivity index (χ0n) is 16.6. The first-order valence-electron chi connectivity index (χ1n) is 9.31. The van der Waals surface area contributed by atoms with Crippen LogP contribution in [0.4, 0.5) is 0 Å². The molecule has 1 aliphatic heterocycles. The van der Waals surface area contributed by atoms with E-state index in [1.54, 1.807) is 6.07 Å². The summed E-state index contributed by atoms with van der Waals surface area (Å²) in [6.45, 7) is 13.3. The number of carbonyl (C=O) groups excluding carboxylic acids is 2. The van der Waals surface area contributed by atoms with E-state index >= 15 is 0 Å². The number of halogens is 1.